The standard InChI is InChI=1S/C28H26Cl2N4O/c1-19-28(27(35)34(31-19)24-11-9-22(29)10-12-24)16-21-7-8-23(30)15-25(21)33-14-13-32(18-26(28)33)17-20-5-3-2-4-6-20/h2-12,15,26H,13-14,16-18H2,1H3/t26-,28-/m0/s1. The number of nitrogens with zero attached hydrogens (tertiary/aromatic N) is 4. The number of anilines is 2. The molecule has 0 unspecified atom stereocenters. The summed E-state index contributed by atoms with van der Waals surface area (Å²) in [6.07, 6.45) is 0.609. The summed E-state index contributed by atoms with van der Waals surface area (Å²) in [5.41, 5.74) is 4.41. The quantitative estimate of drug-likeness (QED) is 0.462. The van der Waals surface area contributed by atoms with Gasteiger partial charge in [0.1, 0.15) is 5.41 Å². The van der Waals surface area contributed by atoms with Crippen LogP contribution in [0.1, 0.15) is 18.1 Å². The molecule has 0 N–H and O–H groups in total. The Labute approximate surface area is 215 Å². The zero-order chi connectivity index (χ0) is 24.2. The molecule has 3 aromatic rings. The summed E-state index contributed by atoms with van der Waals surface area (Å²) in [7, 11) is 0. The minimum absolute atomic E-state index is 0.0227. The number of benzene rings is 3. The molecule has 1 saturated heterocycles. The molecule has 2 atom stereocenters. The van der Waals surface area contributed by atoms with Crippen LogP contribution in [0.25, 0.3) is 0 Å². The third-order valence-corrected chi connectivity index (χ3v) is 8.14. The lowest BCUT2D eigenvalue weighted by molar-refractivity contribution is -0.125. The van der Waals surface area contributed by atoms with E-state index in [2.05, 4.69) is 40.1 Å². The van der Waals surface area contributed by atoms with Gasteiger partial charge in [-0.25, -0.2) is 0 Å². The van der Waals surface area contributed by atoms with Crippen LogP contribution in [-0.2, 0) is 17.8 Å². The van der Waals surface area contributed by atoms with Crippen molar-refractivity contribution < 1.29 is 4.79 Å². The third kappa shape index (κ3) is 3.74. The van der Waals surface area contributed by atoms with Gasteiger partial charge in [0.2, 0.25) is 0 Å². The van der Waals surface area contributed by atoms with Crippen LogP contribution in [0.3, 0.4) is 0 Å². The molecule has 0 aliphatic carbocycles. The highest BCUT2D eigenvalue weighted by atomic mass is 35.5. The van der Waals surface area contributed by atoms with Gasteiger partial charge in [-0.1, -0.05) is 59.6 Å². The first-order chi connectivity index (χ1) is 17.0. The van der Waals surface area contributed by atoms with E-state index in [-0.39, 0.29) is 11.9 Å². The van der Waals surface area contributed by atoms with Crippen molar-refractivity contribution in [1.29, 1.82) is 0 Å². The Bertz CT molecular complexity index is 1310. The number of amides is 1. The smallest absolute Gasteiger partial charge is 0.261 e. The second-order valence-electron chi connectivity index (χ2n) is 9.63. The second kappa shape index (κ2) is 8.66. The van der Waals surface area contributed by atoms with Crippen molar-refractivity contribution in [3.05, 3.63) is 94.0 Å². The Morgan fingerprint density at radius 2 is 1.71 bits per heavy atom. The maximum Gasteiger partial charge on any atom is 0.261 e. The van der Waals surface area contributed by atoms with Gasteiger partial charge in [-0.15, -0.1) is 0 Å². The van der Waals surface area contributed by atoms with Crippen LogP contribution in [0.2, 0.25) is 10.0 Å². The number of hydrogen-bond donors (Lipinski definition) is 0. The lowest BCUT2D eigenvalue weighted by Crippen LogP contribution is -2.66. The second-order valence-corrected chi connectivity index (χ2v) is 10.5. The van der Waals surface area contributed by atoms with Crippen LogP contribution in [0.15, 0.2) is 77.9 Å². The molecule has 0 aromatic heterocycles. The molecule has 0 radical (unpaired) electrons. The highest BCUT2D eigenvalue weighted by Crippen LogP contribution is 2.48. The van der Waals surface area contributed by atoms with Crippen LogP contribution >= 0.6 is 23.2 Å². The number of halogens is 2. The van der Waals surface area contributed by atoms with Crippen LogP contribution < -0.4 is 9.91 Å². The third-order valence-electron chi connectivity index (χ3n) is 7.65. The van der Waals surface area contributed by atoms with Gasteiger partial charge in [-0.3, -0.25) is 9.69 Å². The summed E-state index contributed by atoms with van der Waals surface area (Å²) in [5.74, 6) is 0.0227. The minimum Gasteiger partial charge on any atom is -0.364 e. The molecule has 3 aromatic carbocycles. The van der Waals surface area contributed by atoms with Crippen LogP contribution in [0.5, 0.6) is 0 Å². The summed E-state index contributed by atoms with van der Waals surface area (Å²) in [4.78, 5) is 19.1. The topological polar surface area (TPSA) is 39.2 Å². The molecule has 3 heterocycles. The fourth-order valence-corrected chi connectivity index (χ4v) is 6.17. The van der Waals surface area contributed by atoms with Crippen molar-refractivity contribution in [3.8, 4) is 0 Å². The fourth-order valence-electron chi connectivity index (χ4n) is 5.88. The number of piperazine rings is 1. The van der Waals surface area contributed by atoms with Crippen molar-refractivity contribution in [1.82, 2.24) is 4.90 Å². The van der Waals surface area contributed by atoms with Crippen LogP contribution in [-0.4, -0.2) is 42.2 Å². The number of carbonyl (C=O) groups is 1. The van der Waals surface area contributed by atoms with E-state index in [1.54, 1.807) is 17.1 Å². The van der Waals surface area contributed by atoms with E-state index in [0.29, 0.717) is 11.4 Å². The van der Waals surface area contributed by atoms with Crippen molar-refractivity contribution in [2.45, 2.75) is 25.9 Å². The summed E-state index contributed by atoms with van der Waals surface area (Å²) in [6.45, 7) is 5.37. The molecule has 1 fully saturated rings. The Morgan fingerprint density at radius 1 is 0.971 bits per heavy atom. The Morgan fingerprint density at radius 3 is 2.49 bits per heavy atom. The van der Waals surface area contributed by atoms with Crippen molar-refractivity contribution >= 4 is 46.2 Å². The number of carbonyl (C=O) groups excluding carboxylic acids is 1. The van der Waals surface area contributed by atoms with Crippen molar-refractivity contribution in [2.75, 3.05) is 29.5 Å². The minimum atomic E-state index is -0.740. The molecule has 0 bridgehead atoms. The van der Waals surface area contributed by atoms with Crippen molar-refractivity contribution in [3.63, 3.8) is 0 Å². The molecule has 3 aliphatic rings. The lowest BCUT2D eigenvalue weighted by Gasteiger charge is -2.53. The molecule has 178 valence electrons. The first-order valence-electron chi connectivity index (χ1n) is 11.9. The van der Waals surface area contributed by atoms with Gasteiger partial charge in [-0.2, -0.15) is 10.1 Å². The fraction of sp³-hybridized carbons (Fsp3) is 0.286. The molecular formula is C28H26Cl2N4O. The van der Waals surface area contributed by atoms with Gasteiger partial charge in [0, 0.05) is 41.9 Å². The van der Waals surface area contributed by atoms with E-state index < -0.39 is 5.41 Å². The summed E-state index contributed by atoms with van der Waals surface area (Å²) in [6, 6.07) is 23.8. The normalized spacial score (nSPS) is 23.9. The van der Waals surface area contributed by atoms with Gasteiger partial charge in [0.05, 0.1) is 17.4 Å². The zero-order valence-electron chi connectivity index (χ0n) is 19.5. The number of hydrogen-bond acceptors (Lipinski definition) is 4. The summed E-state index contributed by atoms with van der Waals surface area (Å²) in [5, 5.41) is 7.75. The molecular weight excluding hydrogens is 479 g/mol. The maximum absolute atomic E-state index is 14.3. The molecule has 6 rings (SSSR count). The number of rotatable bonds is 3. The molecule has 1 amide bonds. The largest absolute Gasteiger partial charge is 0.364 e. The highest BCUT2D eigenvalue weighted by Gasteiger charge is 2.59. The average molecular weight is 505 g/mol. The van der Waals surface area contributed by atoms with E-state index in [0.717, 1.165) is 53.9 Å². The van der Waals surface area contributed by atoms with Crippen LogP contribution in [0, 0.1) is 5.41 Å². The van der Waals surface area contributed by atoms with E-state index >= 15 is 0 Å². The molecule has 5 nitrogen and oxygen atoms in total. The first kappa shape index (κ1) is 22.6. The molecule has 7 heteroatoms. The van der Waals surface area contributed by atoms with E-state index in [4.69, 9.17) is 28.3 Å². The monoisotopic (exact) mass is 504 g/mol. The average Bonchev–Trinajstić information content (AvgIpc) is 3.11. The number of hydrazone groups is 1. The van der Waals surface area contributed by atoms with E-state index in [1.165, 1.54) is 5.56 Å². The Hall–Kier alpha value is -2.86. The van der Waals surface area contributed by atoms with Gasteiger partial charge in [0.15, 0.2) is 0 Å². The van der Waals surface area contributed by atoms with Crippen LogP contribution in [0.4, 0.5) is 11.4 Å². The summed E-state index contributed by atoms with van der Waals surface area (Å²) >= 11 is 12.5. The predicted molar refractivity (Wildman–Crippen MR) is 142 cm³/mol. The van der Waals surface area contributed by atoms with Gasteiger partial charge < -0.3 is 4.90 Å². The SMILES string of the molecule is CC1=NN(c2ccc(Cl)cc2)C(=O)[C@@]12Cc1ccc(Cl)cc1N1CCN(Cc3ccccc3)C[C@H]12. The highest BCUT2D eigenvalue weighted by molar-refractivity contribution is 6.31. The van der Waals surface area contributed by atoms with Gasteiger partial charge in [-0.05, 0) is 60.9 Å². The van der Waals surface area contributed by atoms with Gasteiger partial charge in [0.25, 0.3) is 5.91 Å². The molecule has 1 spiro atoms. The van der Waals surface area contributed by atoms with Gasteiger partial charge >= 0.3 is 0 Å². The molecule has 35 heavy (non-hydrogen) atoms. The maximum atomic E-state index is 14.3. The van der Waals surface area contributed by atoms with E-state index in [1.807, 2.05) is 37.3 Å². The lowest BCUT2D eigenvalue weighted by atomic mass is 9.67. The Balaban J connectivity index is 1.41. The predicted octanol–water partition coefficient (Wildman–Crippen LogP) is 5.65. The molecule has 0 saturated carbocycles. The Kier molecular flexibility index (Phi) is 5.59. The zero-order valence-corrected chi connectivity index (χ0v) is 21.0. The summed E-state index contributed by atoms with van der Waals surface area (Å²) < 4.78 is 0. The van der Waals surface area contributed by atoms with Crippen molar-refractivity contribution in [2.24, 2.45) is 10.5 Å². The number of fused-ring (bicyclic) bond motifs is 4. The first-order valence-corrected chi connectivity index (χ1v) is 12.7. The van der Waals surface area contributed by atoms with E-state index in [9.17, 15) is 4.79 Å². The molecule has 3 aliphatic heterocycles.